The van der Waals surface area contributed by atoms with E-state index in [9.17, 15) is 0 Å². The van der Waals surface area contributed by atoms with Gasteiger partial charge in [-0.25, -0.2) is 0 Å². The Balaban J connectivity index is 1.34. The maximum Gasteiger partial charge on any atom is 0.0456 e. The zero-order valence-corrected chi connectivity index (χ0v) is 17.8. The normalized spacial score (nSPS) is 15.4. The van der Waals surface area contributed by atoms with Crippen molar-refractivity contribution in [2.24, 2.45) is 4.99 Å². The molecular weight excluding hydrogens is 354 g/mol. The fourth-order valence-electron chi connectivity index (χ4n) is 4.34. The molecule has 0 aliphatic heterocycles. The number of nitrogens with zero attached hydrogens (tertiary/aromatic N) is 1. The number of H-pyrrole nitrogens is 1. The van der Waals surface area contributed by atoms with Crippen LogP contribution >= 0.6 is 0 Å². The van der Waals surface area contributed by atoms with Gasteiger partial charge in [-0.2, -0.15) is 0 Å². The topological polar surface area (TPSA) is 40.2 Å². The number of aliphatic imine (C=N–C) groups is 1. The molecule has 1 heterocycles. The highest BCUT2D eigenvalue weighted by atomic mass is 14.9. The largest absolute Gasteiger partial charge is 0.361 e. The number of rotatable bonds is 8. The molecule has 1 saturated carbocycles. The van der Waals surface area contributed by atoms with Crippen LogP contribution in [0.15, 0.2) is 53.7 Å². The van der Waals surface area contributed by atoms with Crippen LogP contribution in [0.3, 0.4) is 0 Å². The minimum absolute atomic E-state index is 0.718. The van der Waals surface area contributed by atoms with Gasteiger partial charge in [-0.1, -0.05) is 50.1 Å². The maximum absolute atomic E-state index is 4.84. The molecule has 0 atom stereocenters. The van der Waals surface area contributed by atoms with Crippen LogP contribution in [-0.2, 0) is 19.4 Å². The Morgan fingerprint density at radius 1 is 1.07 bits per heavy atom. The van der Waals surface area contributed by atoms with E-state index in [1.54, 1.807) is 0 Å². The van der Waals surface area contributed by atoms with Gasteiger partial charge >= 0.3 is 0 Å². The Bertz CT molecular complexity index is 959. The molecule has 4 rings (SSSR count). The molecule has 2 N–H and O–H groups in total. The highest BCUT2D eigenvalue weighted by Crippen LogP contribution is 2.21. The lowest BCUT2D eigenvalue weighted by Crippen LogP contribution is -2.25. The summed E-state index contributed by atoms with van der Waals surface area (Å²) >= 11 is 0. The van der Waals surface area contributed by atoms with Crippen LogP contribution in [0.1, 0.15) is 61.8 Å². The fraction of sp³-hybridized carbons (Fsp3) is 0.423. The molecule has 1 aliphatic carbocycles. The maximum atomic E-state index is 4.84. The highest BCUT2D eigenvalue weighted by molar-refractivity contribution is 5.98. The molecule has 0 saturated heterocycles. The minimum atomic E-state index is 0.718. The summed E-state index contributed by atoms with van der Waals surface area (Å²) in [4.78, 5) is 8.24. The molecule has 152 valence electrons. The van der Waals surface area contributed by atoms with Crippen LogP contribution in [0, 0.1) is 0 Å². The number of aryl methyl sites for hydroxylation is 1. The van der Waals surface area contributed by atoms with Crippen molar-refractivity contribution < 1.29 is 0 Å². The zero-order chi connectivity index (χ0) is 20.1. The summed E-state index contributed by atoms with van der Waals surface area (Å²) in [7, 11) is 0. The number of benzene rings is 2. The standard InChI is InChI=1S/C26H33N3/c1-3-20-10-13-26-25(16-20)23(18-29-26)14-15-27-19(2)22-11-8-21(9-12-22)17-28-24-6-4-5-7-24/h8-13,16,18,24,28-29H,3-7,14-15,17H2,1-2H3. The lowest BCUT2D eigenvalue weighted by atomic mass is 10.1. The van der Waals surface area contributed by atoms with Gasteiger partial charge < -0.3 is 10.3 Å². The summed E-state index contributed by atoms with van der Waals surface area (Å²) < 4.78 is 0. The van der Waals surface area contributed by atoms with E-state index >= 15 is 0 Å². The van der Waals surface area contributed by atoms with E-state index in [-0.39, 0.29) is 0 Å². The number of hydrogen-bond acceptors (Lipinski definition) is 2. The third-order valence-electron chi connectivity index (χ3n) is 6.29. The van der Waals surface area contributed by atoms with Crippen molar-refractivity contribution in [3.05, 3.63) is 70.9 Å². The molecule has 29 heavy (non-hydrogen) atoms. The summed E-state index contributed by atoms with van der Waals surface area (Å²) in [6, 6.07) is 16.3. The molecule has 1 aromatic heterocycles. The predicted molar refractivity (Wildman–Crippen MR) is 124 cm³/mol. The molecule has 2 aromatic carbocycles. The minimum Gasteiger partial charge on any atom is -0.361 e. The van der Waals surface area contributed by atoms with Crippen LogP contribution in [-0.4, -0.2) is 23.3 Å². The number of hydrogen-bond donors (Lipinski definition) is 2. The first-order valence-electron chi connectivity index (χ1n) is 11.2. The molecule has 0 amide bonds. The lowest BCUT2D eigenvalue weighted by Gasteiger charge is -2.12. The predicted octanol–water partition coefficient (Wildman–Crippen LogP) is 5.81. The quantitative estimate of drug-likeness (QED) is 0.470. The highest BCUT2D eigenvalue weighted by Gasteiger charge is 2.13. The van der Waals surface area contributed by atoms with E-state index in [2.05, 4.69) is 72.8 Å². The van der Waals surface area contributed by atoms with Gasteiger partial charge in [-0.15, -0.1) is 0 Å². The van der Waals surface area contributed by atoms with Crippen LogP contribution in [0.25, 0.3) is 10.9 Å². The van der Waals surface area contributed by atoms with Gasteiger partial charge in [0.25, 0.3) is 0 Å². The van der Waals surface area contributed by atoms with Gasteiger partial charge in [0, 0.05) is 41.9 Å². The van der Waals surface area contributed by atoms with Crippen molar-refractivity contribution in [3.8, 4) is 0 Å². The Hall–Kier alpha value is -2.39. The van der Waals surface area contributed by atoms with Gasteiger partial charge in [0.05, 0.1) is 0 Å². The molecule has 3 nitrogen and oxygen atoms in total. The second kappa shape index (κ2) is 9.41. The van der Waals surface area contributed by atoms with Crippen LogP contribution < -0.4 is 5.32 Å². The van der Waals surface area contributed by atoms with Gasteiger partial charge in [0.15, 0.2) is 0 Å². The zero-order valence-electron chi connectivity index (χ0n) is 17.8. The molecule has 3 heteroatoms. The lowest BCUT2D eigenvalue weighted by molar-refractivity contribution is 0.524. The molecule has 0 bridgehead atoms. The van der Waals surface area contributed by atoms with E-state index in [4.69, 9.17) is 4.99 Å². The monoisotopic (exact) mass is 387 g/mol. The number of aromatic nitrogens is 1. The summed E-state index contributed by atoms with van der Waals surface area (Å²) in [6.45, 7) is 6.12. The van der Waals surface area contributed by atoms with Crippen LogP contribution in [0.5, 0.6) is 0 Å². The van der Waals surface area contributed by atoms with Crippen LogP contribution in [0.4, 0.5) is 0 Å². The molecule has 0 radical (unpaired) electrons. The summed E-state index contributed by atoms with van der Waals surface area (Å²) in [5.41, 5.74) is 7.68. The van der Waals surface area contributed by atoms with Crippen molar-refractivity contribution in [1.82, 2.24) is 10.3 Å². The van der Waals surface area contributed by atoms with Crippen molar-refractivity contribution in [1.29, 1.82) is 0 Å². The van der Waals surface area contributed by atoms with Crippen molar-refractivity contribution >= 4 is 16.6 Å². The Morgan fingerprint density at radius 3 is 2.59 bits per heavy atom. The third-order valence-corrected chi connectivity index (χ3v) is 6.29. The van der Waals surface area contributed by atoms with E-state index in [0.717, 1.165) is 37.7 Å². The molecule has 0 spiro atoms. The van der Waals surface area contributed by atoms with Crippen LogP contribution in [0.2, 0.25) is 0 Å². The molecule has 3 aromatic rings. The van der Waals surface area contributed by atoms with E-state index in [0.29, 0.717) is 0 Å². The Kier molecular flexibility index (Phi) is 6.46. The number of aromatic amines is 1. The van der Waals surface area contributed by atoms with E-state index in [1.807, 2.05) is 0 Å². The molecule has 1 aliphatic rings. The van der Waals surface area contributed by atoms with Gasteiger partial charge in [-0.05, 0) is 67.0 Å². The van der Waals surface area contributed by atoms with Crippen molar-refractivity contribution in [2.45, 2.75) is 65.0 Å². The average Bonchev–Trinajstić information content (AvgIpc) is 3.42. The first-order valence-corrected chi connectivity index (χ1v) is 11.2. The van der Waals surface area contributed by atoms with Gasteiger partial charge in [-0.3, -0.25) is 4.99 Å². The Morgan fingerprint density at radius 2 is 1.83 bits per heavy atom. The Labute approximate surface area is 174 Å². The average molecular weight is 388 g/mol. The van der Waals surface area contributed by atoms with E-state index < -0.39 is 0 Å². The van der Waals surface area contributed by atoms with Crippen molar-refractivity contribution in [3.63, 3.8) is 0 Å². The first kappa shape index (κ1) is 19.9. The van der Waals surface area contributed by atoms with Gasteiger partial charge in [0.1, 0.15) is 0 Å². The first-order chi connectivity index (χ1) is 14.2. The molecular formula is C26H33N3. The summed E-state index contributed by atoms with van der Waals surface area (Å²) in [6.07, 6.45) is 9.61. The molecule has 0 unspecified atom stereocenters. The van der Waals surface area contributed by atoms with Gasteiger partial charge in [0.2, 0.25) is 0 Å². The molecule has 1 fully saturated rings. The third kappa shape index (κ3) is 4.97. The summed E-state index contributed by atoms with van der Waals surface area (Å²) in [5.74, 6) is 0. The number of fused-ring (bicyclic) bond motifs is 1. The fourth-order valence-corrected chi connectivity index (χ4v) is 4.34. The smallest absolute Gasteiger partial charge is 0.0456 e. The number of nitrogens with one attached hydrogen (secondary N) is 2. The van der Waals surface area contributed by atoms with Crippen molar-refractivity contribution in [2.75, 3.05) is 6.54 Å². The second-order valence-electron chi connectivity index (χ2n) is 8.32. The van der Waals surface area contributed by atoms with E-state index in [1.165, 1.54) is 58.8 Å². The second-order valence-corrected chi connectivity index (χ2v) is 8.32. The summed E-state index contributed by atoms with van der Waals surface area (Å²) in [5, 5.41) is 5.03. The SMILES string of the molecule is CCc1ccc2[nH]cc(CCN=C(C)c3ccc(CNC4CCCC4)cc3)c2c1.